The molecule has 3 aromatic carbocycles. The third kappa shape index (κ3) is 4.25. The number of hydrogen-bond acceptors (Lipinski definition) is 5. The highest BCUT2D eigenvalue weighted by molar-refractivity contribution is 6.04. The first-order valence-corrected chi connectivity index (χ1v) is 9.83. The van der Waals surface area contributed by atoms with Crippen LogP contribution >= 0.6 is 0 Å². The van der Waals surface area contributed by atoms with Crippen molar-refractivity contribution in [1.29, 1.82) is 0 Å². The van der Waals surface area contributed by atoms with Crippen LogP contribution in [0.1, 0.15) is 22.8 Å². The lowest BCUT2D eigenvalue weighted by Crippen LogP contribution is -2.11. The van der Waals surface area contributed by atoms with Gasteiger partial charge < -0.3 is 14.8 Å². The Morgan fingerprint density at radius 3 is 2.32 bits per heavy atom. The van der Waals surface area contributed by atoms with Gasteiger partial charge in [-0.25, -0.2) is 4.79 Å². The molecule has 0 radical (unpaired) electrons. The molecule has 0 unspecified atom stereocenters. The van der Waals surface area contributed by atoms with Gasteiger partial charge in [0.25, 0.3) is 5.91 Å². The maximum atomic E-state index is 12.5. The summed E-state index contributed by atoms with van der Waals surface area (Å²) >= 11 is 0. The molecule has 2 N–H and O–H groups in total. The maximum Gasteiger partial charge on any atom is 0.437 e. The number of carbonyl (C=O) groups is 1. The fraction of sp³-hybridized carbons (Fsp3) is 0.125. The quantitative estimate of drug-likeness (QED) is 0.508. The number of benzene rings is 3. The zero-order valence-electron chi connectivity index (χ0n) is 17.1. The Hall–Kier alpha value is -4.13. The van der Waals surface area contributed by atoms with E-state index < -0.39 is 5.76 Å². The number of amides is 1. The van der Waals surface area contributed by atoms with Crippen LogP contribution in [0.25, 0.3) is 22.6 Å². The second-order valence-corrected chi connectivity index (χ2v) is 7.11. The highest BCUT2D eigenvalue weighted by Crippen LogP contribution is 2.33. The van der Waals surface area contributed by atoms with Crippen molar-refractivity contribution in [2.45, 2.75) is 13.3 Å². The fourth-order valence-corrected chi connectivity index (χ4v) is 3.19. The van der Waals surface area contributed by atoms with Crippen molar-refractivity contribution in [3.8, 4) is 28.3 Å². The Morgan fingerprint density at radius 2 is 1.71 bits per heavy atom. The van der Waals surface area contributed by atoms with Crippen molar-refractivity contribution in [1.82, 2.24) is 9.78 Å². The molecule has 7 nitrogen and oxygen atoms in total. The van der Waals surface area contributed by atoms with Gasteiger partial charge in [-0.05, 0) is 60.0 Å². The number of phenols is 1. The third-order valence-electron chi connectivity index (χ3n) is 5.01. The smallest absolute Gasteiger partial charge is 0.437 e. The number of carbonyl (C=O) groups excluding carboxylic acids is 1. The predicted molar refractivity (Wildman–Crippen MR) is 118 cm³/mol. The lowest BCUT2D eigenvalue weighted by Gasteiger charge is -2.09. The van der Waals surface area contributed by atoms with Crippen LogP contribution in [0.4, 0.5) is 5.69 Å². The molecule has 156 valence electrons. The van der Waals surface area contributed by atoms with Gasteiger partial charge in [0.15, 0.2) is 0 Å². The average molecular weight is 415 g/mol. The number of rotatable bonds is 5. The first-order valence-electron chi connectivity index (χ1n) is 9.83. The summed E-state index contributed by atoms with van der Waals surface area (Å²) in [5.41, 5.74) is 4.26. The largest absolute Gasteiger partial charge is 0.507 e. The van der Waals surface area contributed by atoms with Crippen LogP contribution in [0.3, 0.4) is 0 Å². The van der Waals surface area contributed by atoms with Crippen molar-refractivity contribution in [2.24, 2.45) is 7.05 Å². The van der Waals surface area contributed by atoms with Crippen molar-refractivity contribution in [3.63, 3.8) is 0 Å². The van der Waals surface area contributed by atoms with Crippen molar-refractivity contribution >= 4 is 11.6 Å². The minimum absolute atomic E-state index is 0.0785. The number of nitrogens with one attached hydrogen (secondary N) is 1. The van der Waals surface area contributed by atoms with E-state index in [9.17, 15) is 14.7 Å². The Balaban J connectivity index is 1.55. The van der Waals surface area contributed by atoms with Crippen molar-refractivity contribution < 1.29 is 14.3 Å². The third-order valence-corrected chi connectivity index (χ3v) is 5.01. The van der Waals surface area contributed by atoms with Gasteiger partial charge in [0, 0.05) is 29.4 Å². The average Bonchev–Trinajstić information content (AvgIpc) is 3.13. The molecule has 0 bridgehead atoms. The molecule has 0 fully saturated rings. The van der Waals surface area contributed by atoms with E-state index in [1.165, 1.54) is 18.7 Å². The maximum absolute atomic E-state index is 12.5. The zero-order chi connectivity index (χ0) is 22.0. The molecule has 1 heterocycles. The molecule has 7 heteroatoms. The van der Waals surface area contributed by atoms with E-state index >= 15 is 0 Å². The molecule has 0 aliphatic heterocycles. The van der Waals surface area contributed by atoms with Crippen LogP contribution < -0.4 is 11.1 Å². The molecule has 0 aliphatic rings. The topological polar surface area (TPSA) is 97.4 Å². The van der Waals surface area contributed by atoms with Crippen LogP contribution in [0, 0.1) is 0 Å². The Kier molecular flexibility index (Phi) is 5.41. The number of hydrogen-bond donors (Lipinski definition) is 2. The fourth-order valence-electron chi connectivity index (χ4n) is 3.19. The standard InChI is InChI=1S/C24H21N3O4/c1-3-15-4-6-17(7-5-15)22(29)25-19-11-8-16(9-12-19)20-14-18(10-13-21(20)28)23-26-27(2)24(30)31-23/h4-14,28H,3H2,1-2H3,(H,25,29). The molecular weight excluding hydrogens is 394 g/mol. The highest BCUT2D eigenvalue weighted by Gasteiger charge is 2.13. The Labute approximate surface area is 178 Å². The van der Waals surface area contributed by atoms with E-state index in [1.807, 2.05) is 24.3 Å². The molecule has 31 heavy (non-hydrogen) atoms. The van der Waals surface area contributed by atoms with Crippen molar-refractivity contribution in [2.75, 3.05) is 5.32 Å². The second-order valence-electron chi connectivity index (χ2n) is 7.11. The monoisotopic (exact) mass is 415 g/mol. The highest BCUT2D eigenvalue weighted by atomic mass is 16.4. The normalized spacial score (nSPS) is 10.8. The lowest BCUT2D eigenvalue weighted by molar-refractivity contribution is 0.102. The van der Waals surface area contributed by atoms with Gasteiger partial charge >= 0.3 is 5.76 Å². The van der Waals surface area contributed by atoms with E-state index in [2.05, 4.69) is 17.3 Å². The lowest BCUT2D eigenvalue weighted by atomic mass is 10.0. The zero-order valence-corrected chi connectivity index (χ0v) is 17.1. The summed E-state index contributed by atoms with van der Waals surface area (Å²) in [5.74, 6) is -0.499. The summed E-state index contributed by atoms with van der Waals surface area (Å²) < 4.78 is 6.22. The van der Waals surface area contributed by atoms with Gasteiger partial charge in [-0.2, -0.15) is 4.68 Å². The van der Waals surface area contributed by atoms with E-state index in [-0.39, 0.29) is 17.5 Å². The molecular formula is C24H21N3O4. The van der Waals surface area contributed by atoms with Crippen LogP contribution in [0.15, 0.2) is 75.9 Å². The number of aryl methyl sites for hydroxylation is 2. The molecule has 4 rings (SSSR count). The van der Waals surface area contributed by atoms with Crippen molar-refractivity contribution in [3.05, 3.63) is 88.4 Å². The molecule has 0 spiro atoms. The first kappa shape index (κ1) is 20.2. The summed E-state index contributed by atoms with van der Waals surface area (Å²) in [5, 5.41) is 17.2. The molecule has 1 aromatic heterocycles. The summed E-state index contributed by atoms with van der Waals surface area (Å²) in [7, 11) is 1.50. The van der Waals surface area contributed by atoms with Gasteiger partial charge in [0.05, 0.1) is 0 Å². The van der Waals surface area contributed by atoms with Gasteiger partial charge in [0.2, 0.25) is 5.89 Å². The Bertz CT molecular complexity index is 1290. The minimum atomic E-state index is -0.561. The minimum Gasteiger partial charge on any atom is -0.507 e. The van der Waals surface area contributed by atoms with E-state index in [0.717, 1.165) is 16.7 Å². The summed E-state index contributed by atoms with van der Waals surface area (Å²) in [4.78, 5) is 24.0. The Morgan fingerprint density at radius 1 is 1.03 bits per heavy atom. The summed E-state index contributed by atoms with van der Waals surface area (Å²) in [6, 6.07) is 19.5. The molecule has 1 amide bonds. The number of aromatic hydroxyl groups is 1. The van der Waals surface area contributed by atoms with E-state index in [0.29, 0.717) is 22.4 Å². The SMILES string of the molecule is CCc1ccc(C(=O)Nc2ccc(-c3cc(-c4nn(C)c(=O)o4)ccc3O)cc2)cc1. The first-order chi connectivity index (χ1) is 14.9. The number of phenolic OH excluding ortho intramolecular Hbond substituents is 1. The summed E-state index contributed by atoms with van der Waals surface area (Å²) in [6.07, 6.45) is 0.921. The van der Waals surface area contributed by atoms with E-state index in [4.69, 9.17) is 4.42 Å². The van der Waals surface area contributed by atoms with Gasteiger partial charge in [0.1, 0.15) is 5.75 Å². The number of aromatic nitrogens is 2. The van der Waals surface area contributed by atoms with Crippen LogP contribution in [0.5, 0.6) is 5.75 Å². The van der Waals surface area contributed by atoms with Crippen LogP contribution in [0.2, 0.25) is 0 Å². The summed E-state index contributed by atoms with van der Waals surface area (Å²) in [6.45, 7) is 2.07. The van der Waals surface area contributed by atoms with E-state index in [1.54, 1.807) is 36.4 Å². The van der Waals surface area contributed by atoms with Gasteiger partial charge in [-0.3, -0.25) is 4.79 Å². The second kappa shape index (κ2) is 8.31. The predicted octanol–water partition coefficient (Wildman–Crippen LogP) is 4.23. The van der Waals surface area contributed by atoms with Gasteiger partial charge in [-0.1, -0.05) is 31.2 Å². The molecule has 0 saturated heterocycles. The number of anilines is 1. The van der Waals surface area contributed by atoms with Gasteiger partial charge in [-0.15, -0.1) is 5.10 Å². The molecule has 4 aromatic rings. The molecule has 0 atom stereocenters. The molecule has 0 aliphatic carbocycles. The number of nitrogens with zero attached hydrogens (tertiary/aromatic N) is 2. The molecule has 0 saturated carbocycles. The van der Waals surface area contributed by atoms with Crippen LogP contribution in [-0.4, -0.2) is 20.8 Å². The van der Waals surface area contributed by atoms with Crippen LogP contribution in [-0.2, 0) is 13.5 Å².